The first-order chi connectivity index (χ1) is 11.4. The van der Waals surface area contributed by atoms with Crippen LogP contribution in [0.2, 0.25) is 0 Å². The summed E-state index contributed by atoms with van der Waals surface area (Å²) < 4.78 is 43.2. The van der Waals surface area contributed by atoms with Crippen LogP contribution in [0.1, 0.15) is 18.1 Å². The SMILES string of the molecule is CCOc1ccc(NC(=O)C=Cc2cccc(C(F)(F)F)c2)cc1. The maximum Gasteiger partial charge on any atom is 0.416 e. The molecule has 1 N–H and O–H groups in total. The molecule has 126 valence electrons. The molecule has 0 atom stereocenters. The van der Waals surface area contributed by atoms with Crippen LogP contribution in [-0.4, -0.2) is 12.5 Å². The minimum atomic E-state index is -4.41. The van der Waals surface area contributed by atoms with Crippen molar-refractivity contribution in [1.29, 1.82) is 0 Å². The third-order valence-corrected chi connectivity index (χ3v) is 3.07. The van der Waals surface area contributed by atoms with Crippen molar-refractivity contribution in [3.05, 3.63) is 65.7 Å². The summed E-state index contributed by atoms with van der Waals surface area (Å²) in [4.78, 5) is 11.8. The second-order valence-corrected chi connectivity index (χ2v) is 4.90. The van der Waals surface area contributed by atoms with Crippen LogP contribution in [-0.2, 0) is 11.0 Å². The van der Waals surface area contributed by atoms with E-state index in [-0.39, 0.29) is 0 Å². The summed E-state index contributed by atoms with van der Waals surface area (Å²) in [6.07, 6.45) is -1.89. The van der Waals surface area contributed by atoms with Gasteiger partial charge in [-0.2, -0.15) is 13.2 Å². The summed E-state index contributed by atoms with van der Waals surface area (Å²) in [5.74, 6) is 0.256. The van der Waals surface area contributed by atoms with Gasteiger partial charge < -0.3 is 10.1 Å². The number of rotatable bonds is 5. The highest BCUT2D eigenvalue weighted by molar-refractivity contribution is 6.01. The molecular formula is C18H16F3NO2. The number of anilines is 1. The van der Waals surface area contributed by atoms with Gasteiger partial charge in [0.1, 0.15) is 5.75 Å². The molecule has 2 aromatic rings. The highest BCUT2D eigenvalue weighted by atomic mass is 19.4. The molecule has 0 bridgehead atoms. The van der Waals surface area contributed by atoms with Gasteiger partial charge in [-0.05, 0) is 55.0 Å². The lowest BCUT2D eigenvalue weighted by Crippen LogP contribution is -2.07. The number of benzene rings is 2. The summed E-state index contributed by atoms with van der Waals surface area (Å²) in [5.41, 5.74) is 0.111. The molecule has 2 rings (SSSR count). The molecule has 0 unspecified atom stereocenters. The van der Waals surface area contributed by atoms with Crippen LogP contribution in [0.25, 0.3) is 6.08 Å². The Morgan fingerprint density at radius 3 is 2.50 bits per heavy atom. The highest BCUT2D eigenvalue weighted by Crippen LogP contribution is 2.29. The molecule has 0 saturated heterocycles. The van der Waals surface area contributed by atoms with E-state index in [0.29, 0.717) is 23.6 Å². The number of carbonyl (C=O) groups is 1. The lowest BCUT2D eigenvalue weighted by Gasteiger charge is -2.07. The molecule has 0 radical (unpaired) electrons. The largest absolute Gasteiger partial charge is 0.494 e. The molecule has 6 heteroatoms. The Kier molecular flexibility index (Phi) is 5.63. The second-order valence-electron chi connectivity index (χ2n) is 4.90. The molecule has 24 heavy (non-hydrogen) atoms. The van der Waals surface area contributed by atoms with Gasteiger partial charge in [0, 0.05) is 11.8 Å². The van der Waals surface area contributed by atoms with Crippen molar-refractivity contribution in [2.24, 2.45) is 0 Å². The molecule has 0 saturated carbocycles. The van der Waals surface area contributed by atoms with Crippen molar-refractivity contribution in [1.82, 2.24) is 0 Å². The Balaban J connectivity index is 2.00. The standard InChI is InChI=1S/C18H16F3NO2/c1-2-24-16-9-7-15(8-10-16)22-17(23)11-6-13-4-3-5-14(12-13)18(19,20)21/h3-12H,2H2,1H3,(H,22,23). The summed E-state index contributed by atoms with van der Waals surface area (Å²) in [7, 11) is 0. The molecule has 3 nitrogen and oxygen atoms in total. The fourth-order valence-corrected chi connectivity index (χ4v) is 1.98. The van der Waals surface area contributed by atoms with Gasteiger partial charge in [-0.3, -0.25) is 4.79 Å². The Hall–Kier alpha value is -2.76. The third-order valence-electron chi connectivity index (χ3n) is 3.07. The van der Waals surface area contributed by atoms with E-state index < -0.39 is 17.6 Å². The highest BCUT2D eigenvalue weighted by Gasteiger charge is 2.30. The predicted octanol–water partition coefficient (Wildman–Crippen LogP) is 4.76. The van der Waals surface area contributed by atoms with Crippen molar-refractivity contribution in [3.8, 4) is 5.75 Å². The van der Waals surface area contributed by atoms with Crippen LogP contribution in [0, 0.1) is 0 Å². The lowest BCUT2D eigenvalue weighted by molar-refractivity contribution is -0.137. The fourth-order valence-electron chi connectivity index (χ4n) is 1.98. The molecule has 2 aromatic carbocycles. The number of alkyl halides is 3. The fraction of sp³-hybridized carbons (Fsp3) is 0.167. The zero-order chi connectivity index (χ0) is 17.6. The first-order valence-electron chi connectivity index (χ1n) is 7.27. The number of ether oxygens (including phenoxy) is 1. The molecule has 0 aliphatic carbocycles. The number of hydrogen-bond acceptors (Lipinski definition) is 2. The van der Waals surface area contributed by atoms with Crippen LogP contribution in [0.3, 0.4) is 0 Å². The van der Waals surface area contributed by atoms with Gasteiger partial charge in [0.25, 0.3) is 0 Å². The Morgan fingerprint density at radius 1 is 1.17 bits per heavy atom. The number of hydrogen-bond donors (Lipinski definition) is 1. The van der Waals surface area contributed by atoms with E-state index in [4.69, 9.17) is 4.74 Å². The molecular weight excluding hydrogens is 319 g/mol. The molecule has 0 aliphatic heterocycles. The normalized spacial score (nSPS) is 11.5. The maximum absolute atomic E-state index is 12.6. The molecule has 1 amide bonds. The quantitative estimate of drug-likeness (QED) is 0.800. The van der Waals surface area contributed by atoms with E-state index in [2.05, 4.69) is 5.32 Å². The molecule has 0 aliphatic rings. The van der Waals surface area contributed by atoms with E-state index in [1.165, 1.54) is 24.3 Å². The van der Waals surface area contributed by atoms with Gasteiger partial charge >= 0.3 is 6.18 Å². The van der Waals surface area contributed by atoms with Crippen molar-refractivity contribution in [2.75, 3.05) is 11.9 Å². The Bertz CT molecular complexity index is 722. The van der Waals surface area contributed by atoms with Crippen LogP contribution in [0.15, 0.2) is 54.6 Å². The van der Waals surface area contributed by atoms with Gasteiger partial charge in [0.2, 0.25) is 5.91 Å². The Morgan fingerprint density at radius 2 is 1.88 bits per heavy atom. The summed E-state index contributed by atoms with van der Waals surface area (Å²) in [6, 6.07) is 11.6. The van der Waals surface area contributed by atoms with Crippen molar-refractivity contribution >= 4 is 17.7 Å². The average Bonchev–Trinajstić information content (AvgIpc) is 2.55. The first-order valence-corrected chi connectivity index (χ1v) is 7.27. The third kappa shape index (κ3) is 5.15. The zero-order valence-electron chi connectivity index (χ0n) is 12.9. The summed E-state index contributed by atoms with van der Waals surface area (Å²) in [5, 5.41) is 2.62. The number of amides is 1. The number of nitrogens with one attached hydrogen (secondary N) is 1. The topological polar surface area (TPSA) is 38.3 Å². The minimum absolute atomic E-state index is 0.298. The van der Waals surface area contributed by atoms with Crippen LogP contribution in [0.5, 0.6) is 5.75 Å². The van der Waals surface area contributed by atoms with E-state index in [9.17, 15) is 18.0 Å². The van der Waals surface area contributed by atoms with Gasteiger partial charge in [-0.1, -0.05) is 12.1 Å². The van der Waals surface area contributed by atoms with Gasteiger partial charge in [-0.25, -0.2) is 0 Å². The lowest BCUT2D eigenvalue weighted by atomic mass is 10.1. The van der Waals surface area contributed by atoms with Crippen molar-refractivity contribution in [2.45, 2.75) is 13.1 Å². The van der Waals surface area contributed by atoms with Crippen LogP contribution < -0.4 is 10.1 Å². The molecule has 0 fully saturated rings. The Labute approximate surface area is 137 Å². The first kappa shape index (κ1) is 17.6. The van der Waals surface area contributed by atoms with E-state index >= 15 is 0 Å². The van der Waals surface area contributed by atoms with E-state index in [1.807, 2.05) is 6.92 Å². The van der Waals surface area contributed by atoms with Gasteiger partial charge in [0.15, 0.2) is 0 Å². The molecule has 0 spiro atoms. The van der Waals surface area contributed by atoms with Crippen molar-refractivity contribution < 1.29 is 22.7 Å². The van der Waals surface area contributed by atoms with Crippen molar-refractivity contribution in [3.63, 3.8) is 0 Å². The predicted molar refractivity (Wildman–Crippen MR) is 86.7 cm³/mol. The molecule has 0 heterocycles. The van der Waals surface area contributed by atoms with Gasteiger partial charge in [0.05, 0.1) is 12.2 Å². The zero-order valence-corrected chi connectivity index (χ0v) is 12.9. The number of halogens is 3. The van der Waals surface area contributed by atoms with Crippen LogP contribution >= 0.6 is 0 Å². The smallest absolute Gasteiger partial charge is 0.416 e. The maximum atomic E-state index is 12.6. The monoisotopic (exact) mass is 335 g/mol. The summed E-state index contributed by atoms with van der Waals surface area (Å²) >= 11 is 0. The van der Waals surface area contributed by atoms with Gasteiger partial charge in [-0.15, -0.1) is 0 Å². The number of carbonyl (C=O) groups excluding carboxylic acids is 1. The van der Waals surface area contributed by atoms with E-state index in [0.717, 1.165) is 12.1 Å². The van der Waals surface area contributed by atoms with Crippen LogP contribution in [0.4, 0.5) is 18.9 Å². The summed E-state index contributed by atoms with van der Waals surface area (Å²) in [6.45, 7) is 2.42. The van der Waals surface area contributed by atoms with E-state index in [1.54, 1.807) is 24.3 Å². The molecule has 0 aromatic heterocycles. The minimum Gasteiger partial charge on any atom is -0.494 e. The average molecular weight is 335 g/mol. The second kappa shape index (κ2) is 7.68.